The maximum atomic E-state index is 14.5. The lowest BCUT2D eigenvalue weighted by Gasteiger charge is -2.11. The van der Waals surface area contributed by atoms with Crippen molar-refractivity contribution in [2.45, 2.75) is 11.8 Å². The Hall–Kier alpha value is -3.01. The van der Waals surface area contributed by atoms with E-state index in [0.717, 1.165) is 18.2 Å². The number of hydrogen-bond donors (Lipinski definition) is 3. The predicted octanol–water partition coefficient (Wildman–Crippen LogP) is 6.75. The maximum Gasteiger partial charge on any atom is 0.268 e. The van der Waals surface area contributed by atoms with Gasteiger partial charge in [-0.2, -0.15) is 0 Å². The number of nitrogen functional groups attached to an aromatic ring is 1. The summed E-state index contributed by atoms with van der Waals surface area (Å²) in [5.41, 5.74) is 4.01. The Morgan fingerprint density at radius 2 is 1.57 bits per heavy atom. The molecule has 182 valence electrons. The molecule has 3 aromatic carbocycles. The first-order valence-corrected chi connectivity index (χ1v) is 11.0. The van der Waals surface area contributed by atoms with Gasteiger partial charge in [-0.3, -0.25) is 9.59 Å². The second-order valence-corrected chi connectivity index (χ2v) is 9.07. The minimum Gasteiger partial charge on any atom is -0.394 e. The van der Waals surface area contributed by atoms with Crippen molar-refractivity contribution in [2.75, 3.05) is 16.4 Å². The molecule has 0 heterocycles. The van der Waals surface area contributed by atoms with Crippen molar-refractivity contribution in [1.82, 2.24) is 0 Å². The van der Waals surface area contributed by atoms with Crippen LogP contribution in [0.5, 0.6) is 0 Å². The lowest BCUT2D eigenvalue weighted by Crippen LogP contribution is -2.19. The first-order chi connectivity index (χ1) is 16.4. The van der Waals surface area contributed by atoms with Crippen molar-refractivity contribution in [3.8, 4) is 0 Å². The molecule has 5 nitrogen and oxygen atoms in total. The van der Waals surface area contributed by atoms with Gasteiger partial charge in [-0.1, -0.05) is 34.8 Å². The van der Waals surface area contributed by atoms with E-state index < -0.39 is 52.6 Å². The first kappa shape index (κ1) is 25.1. The number of rotatable bonds is 5. The van der Waals surface area contributed by atoms with Crippen molar-refractivity contribution < 1.29 is 27.2 Å². The molecule has 2 amide bonds. The van der Waals surface area contributed by atoms with Crippen LogP contribution in [0.3, 0.4) is 0 Å². The van der Waals surface area contributed by atoms with Crippen molar-refractivity contribution in [3.05, 3.63) is 86.4 Å². The summed E-state index contributed by atoms with van der Waals surface area (Å²) in [6, 6.07) is 9.53. The molecule has 3 aromatic rings. The SMILES string of the molecule is Nc1c(F)ccc(NC(=O)c2cc(NC(=O)C3C(c4cc(Cl)cc(Cl)c4)C3(F)F)ccc2Cl)c1F. The molecule has 1 aliphatic rings. The molecule has 1 saturated carbocycles. The average Bonchev–Trinajstić information content (AvgIpc) is 3.36. The summed E-state index contributed by atoms with van der Waals surface area (Å²) < 4.78 is 56.4. The number of carbonyl (C=O) groups excluding carboxylic acids is 2. The highest BCUT2D eigenvalue weighted by molar-refractivity contribution is 6.35. The highest BCUT2D eigenvalue weighted by Gasteiger charge is 2.72. The summed E-state index contributed by atoms with van der Waals surface area (Å²) in [7, 11) is 0. The highest BCUT2D eigenvalue weighted by Crippen LogP contribution is 2.62. The Labute approximate surface area is 211 Å². The fourth-order valence-corrected chi connectivity index (χ4v) is 4.42. The third-order valence-electron chi connectivity index (χ3n) is 5.43. The molecule has 1 fully saturated rings. The topological polar surface area (TPSA) is 84.2 Å². The molecule has 0 bridgehead atoms. The van der Waals surface area contributed by atoms with Crippen LogP contribution >= 0.6 is 34.8 Å². The van der Waals surface area contributed by atoms with E-state index in [1.54, 1.807) is 0 Å². The minimum atomic E-state index is -3.34. The molecule has 0 radical (unpaired) electrons. The van der Waals surface area contributed by atoms with Crippen LogP contribution in [-0.2, 0) is 4.79 Å². The van der Waals surface area contributed by atoms with Gasteiger partial charge in [0, 0.05) is 15.7 Å². The van der Waals surface area contributed by atoms with Crippen LogP contribution in [0.1, 0.15) is 21.8 Å². The summed E-state index contributed by atoms with van der Waals surface area (Å²) >= 11 is 17.8. The number of nitrogens with one attached hydrogen (secondary N) is 2. The third kappa shape index (κ3) is 4.89. The van der Waals surface area contributed by atoms with E-state index in [1.165, 1.54) is 30.3 Å². The highest BCUT2D eigenvalue weighted by atomic mass is 35.5. The van der Waals surface area contributed by atoms with E-state index in [4.69, 9.17) is 40.5 Å². The van der Waals surface area contributed by atoms with E-state index in [2.05, 4.69) is 10.6 Å². The van der Waals surface area contributed by atoms with E-state index in [-0.39, 0.29) is 31.9 Å². The lowest BCUT2D eigenvalue weighted by atomic mass is 10.1. The van der Waals surface area contributed by atoms with Gasteiger partial charge in [0.05, 0.1) is 22.2 Å². The van der Waals surface area contributed by atoms with Crippen LogP contribution in [-0.4, -0.2) is 17.7 Å². The Morgan fingerprint density at radius 3 is 2.23 bits per heavy atom. The van der Waals surface area contributed by atoms with Gasteiger partial charge >= 0.3 is 0 Å². The van der Waals surface area contributed by atoms with Crippen LogP contribution in [0.15, 0.2) is 48.5 Å². The first-order valence-electron chi connectivity index (χ1n) is 9.89. The summed E-state index contributed by atoms with van der Waals surface area (Å²) in [4.78, 5) is 25.2. The smallest absolute Gasteiger partial charge is 0.268 e. The molecule has 1 aliphatic carbocycles. The van der Waals surface area contributed by atoms with E-state index in [9.17, 15) is 27.2 Å². The largest absolute Gasteiger partial charge is 0.394 e. The summed E-state index contributed by atoms with van der Waals surface area (Å²) in [6.45, 7) is 0. The van der Waals surface area contributed by atoms with Crippen molar-refractivity contribution >= 4 is 63.7 Å². The van der Waals surface area contributed by atoms with Gasteiger partial charge in [-0.25, -0.2) is 17.6 Å². The Bertz CT molecular complexity index is 1350. The monoisotopic (exact) mass is 545 g/mol. The van der Waals surface area contributed by atoms with Crippen molar-refractivity contribution in [3.63, 3.8) is 0 Å². The van der Waals surface area contributed by atoms with Gasteiger partial charge in [-0.15, -0.1) is 0 Å². The lowest BCUT2D eigenvalue weighted by molar-refractivity contribution is -0.119. The number of nitrogens with two attached hydrogens (primary N) is 1. The zero-order valence-electron chi connectivity index (χ0n) is 17.3. The van der Waals surface area contributed by atoms with Gasteiger partial charge in [0.15, 0.2) is 5.82 Å². The number of amides is 2. The number of anilines is 3. The van der Waals surface area contributed by atoms with Crippen LogP contribution in [0.25, 0.3) is 0 Å². The number of halogens is 7. The van der Waals surface area contributed by atoms with Crippen LogP contribution < -0.4 is 16.4 Å². The van der Waals surface area contributed by atoms with Gasteiger partial charge in [0.2, 0.25) is 5.91 Å². The fourth-order valence-electron chi connectivity index (χ4n) is 3.68. The molecule has 0 aromatic heterocycles. The average molecular weight is 547 g/mol. The number of hydrogen-bond acceptors (Lipinski definition) is 3. The zero-order chi connectivity index (χ0) is 25.7. The molecule has 4 rings (SSSR count). The van der Waals surface area contributed by atoms with Gasteiger partial charge < -0.3 is 16.4 Å². The molecule has 4 N–H and O–H groups in total. The molecule has 12 heteroatoms. The van der Waals surface area contributed by atoms with Crippen LogP contribution in [0, 0.1) is 17.6 Å². The number of benzene rings is 3. The summed E-state index contributed by atoms with van der Waals surface area (Å²) in [5, 5.41) is 4.78. The molecule has 0 saturated heterocycles. The third-order valence-corrected chi connectivity index (χ3v) is 6.20. The summed E-state index contributed by atoms with van der Waals surface area (Å²) in [5.74, 6) is -10.5. The van der Waals surface area contributed by atoms with Crippen LogP contribution in [0.4, 0.5) is 34.6 Å². The van der Waals surface area contributed by atoms with Crippen LogP contribution in [0.2, 0.25) is 15.1 Å². The maximum absolute atomic E-state index is 14.5. The quantitative estimate of drug-likeness (QED) is 0.245. The van der Waals surface area contributed by atoms with Gasteiger partial charge in [-0.05, 0) is 54.1 Å². The normalized spacial score (nSPS) is 18.1. The van der Waals surface area contributed by atoms with E-state index >= 15 is 0 Å². The zero-order valence-corrected chi connectivity index (χ0v) is 19.6. The molecule has 35 heavy (non-hydrogen) atoms. The molecule has 0 aliphatic heterocycles. The number of alkyl halides is 2. The second kappa shape index (κ2) is 9.22. The minimum absolute atomic E-state index is 0.00535. The van der Waals surface area contributed by atoms with Crippen molar-refractivity contribution in [2.24, 2.45) is 5.92 Å². The van der Waals surface area contributed by atoms with Gasteiger partial charge in [0.25, 0.3) is 11.8 Å². The summed E-state index contributed by atoms with van der Waals surface area (Å²) in [6.07, 6.45) is 0. The Morgan fingerprint density at radius 1 is 0.914 bits per heavy atom. The Balaban J connectivity index is 1.52. The van der Waals surface area contributed by atoms with Gasteiger partial charge in [0.1, 0.15) is 17.4 Å². The molecule has 2 unspecified atom stereocenters. The molecule has 2 atom stereocenters. The Kier molecular flexibility index (Phi) is 6.61. The second-order valence-electron chi connectivity index (χ2n) is 7.79. The fraction of sp³-hybridized carbons (Fsp3) is 0.130. The molecule has 0 spiro atoms. The van der Waals surface area contributed by atoms with E-state index in [1.807, 2.05) is 0 Å². The van der Waals surface area contributed by atoms with E-state index in [0.29, 0.717) is 0 Å². The standard InChI is InChI=1S/C23H14Cl3F4N3O2/c24-10-5-9(6-11(25)7-10)17-18(23(17,29)30)22(35)32-12-1-2-14(26)13(8-12)21(34)33-16-4-3-15(27)20(31)19(16)28/h1-8,17-18H,31H2,(H,32,35)(H,33,34). The predicted molar refractivity (Wildman–Crippen MR) is 126 cm³/mol. The number of carbonyl (C=O) groups is 2. The molecular weight excluding hydrogens is 533 g/mol. The molecular formula is C23H14Cl3F4N3O2. The van der Waals surface area contributed by atoms with Crippen molar-refractivity contribution in [1.29, 1.82) is 0 Å².